The molecular weight excluding hydrogens is 489 g/mol. The summed E-state index contributed by atoms with van der Waals surface area (Å²) in [4.78, 5) is 28.9. The zero-order chi connectivity index (χ0) is 25.6. The number of alkyl halides is 3. The molecule has 2 aromatic rings. The normalized spacial score (nSPS) is 15.0. The second-order valence-electron chi connectivity index (χ2n) is 6.97. The van der Waals surface area contributed by atoms with Crippen molar-refractivity contribution in [1.29, 1.82) is 0 Å². The number of halogens is 3. The van der Waals surface area contributed by atoms with E-state index in [2.05, 4.69) is 4.85 Å². The molecule has 1 saturated heterocycles. The number of nitrogens with zero attached hydrogens (tertiary/aromatic N) is 2. The van der Waals surface area contributed by atoms with Crippen LogP contribution in [-0.4, -0.2) is 54.6 Å². The second-order valence-corrected chi connectivity index (χ2v) is 7.96. The fourth-order valence-electron chi connectivity index (χ4n) is 3.04. The second kappa shape index (κ2) is 11.3. The fourth-order valence-corrected chi connectivity index (χ4v) is 3.91. The predicted molar refractivity (Wildman–Crippen MR) is 121 cm³/mol. The van der Waals surface area contributed by atoms with Gasteiger partial charge >= 0.3 is 6.18 Å². The molecule has 8 nitrogen and oxygen atoms in total. The molecule has 2 amide bonds. The van der Waals surface area contributed by atoms with Crippen molar-refractivity contribution in [2.24, 2.45) is 0 Å². The first-order valence-corrected chi connectivity index (χ1v) is 10.9. The van der Waals surface area contributed by atoms with Gasteiger partial charge in [0.05, 0.1) is 50.5 Å². The quantitative estimate of drug-likeness (QED) is 0.286. The Morgan fingerprint density at radius 2 is 1.86 bits per heavy atom. The average molecular weight is 508 g/mol. The predicted octanol–water partition coefficient (Wildman–Crippen LogP) is 5.10. The molecule has 12 heteroatoms. The Bertz CT molecular complexity index is 1190. The molecular formula is C23H19F3N2O6S. The lowest BCUT2D eigenvalue weighted by Crippen LogP contribution is -2.31. The van der Waals surface area contributed by atoms with Crippen LogP contribution in [0.3, 0.4) is 0 Å². The molecule has 1 aliphatic rings. The Morgan fingerprint density at radius 1 is 1.11 bits per heavy atom. The van der Waals surface area contributed by atoms with Crippen molar-refractivity contribution in [3.63, 3.8) is 0 Å². The van der Waals surface area contributed by atoms with E-state index >= 15 is 0 Å². The summed E-state index contributed by atoms with van der Waals surface area (Å²) >= 11 is 0.741. The van der Waals surface area contributed by atoms with Gasteiger partial charge < -0.3 is 19.3 Å². The van der Waals surface area contributed by atoms with Crippen molar-refractivity contribution in [2.75, 3.05) is 33.5 Å². The number of methoxy groups -OCH3 is 1. The van der Waals surface area contributed by atoms with Gasteiger partial charge in [0.15, 0.2) is 17.2 Å². The van der Waals surface area contributed by atoms with Crippen LogP contribution in [0.2, 0.25) is 0 Å². The summed E-state index contributed by atoms with van der Waals surface area (Å²) < 4.78 is 56.2. The summed E-state index contributed by atoms with van der Waals surface area (Å²) in [6.45, 7) is 6.97. The van der Waals surface area contributed by atoms with E-state index in [1.165, 1.54) is 37.5 Å². The molecule has 184 valence electrons. The summed E-state index contributed by atoms with van der Waals surface area (Å²) in [5.41, 5.74) is -0.828. The van der Waals surface area contributed by atoms with Crippen molar-refractivity contribution in [3.8, 4) is 17.2 Å². The maximum absolute atomic E-state index is 13.5. The standard InChI is InChI=1S/C23H19F3N2O6S/c1-27-15-4-6-17(16(13-15)23(24,25)26)34-18-5-3-14(11-19(18)32-2)12-20-21(30)28(22(31)35-20)7-9-33-10-8-29/h3-6,11-13,29H,7-10H2,2H3/b20-12-. The molecule has 2 aromatic carbocycles. The Labute approximate surface area is 202 Å². The number of imide groups is 1. The van der Waals surface area contributed by atoms with Gasteiger partial charge in [0, 0.05) is 0 Å². The maximum atomic E-state index is 13.5. The molecule has 0 saturated carbocycles. The average Bonchev–Trinajstić information content (AvgIpc) is 3.09. The van der Waals surface area contributed by atoms with E-state index in [4.69, 9.17) is 25.9 Å². The first kappa shape index (κ1) is 26.1. The molecule has 0 aromatic heterocycles. The van der Waals surface area contributed by atoms with Gasteiger partial charge in [-0.3, -0.25) is 14.5 Å². The largest absolute Gasteiger partial charge is 0.493 e. The highest BCUT2D eigenvalue weighted by Gasteiger charge is 2.36. The highest BCUT2D eigenvalue weighted by Crippen LogP contribution is 2.42. The van der Waals surface area contributed by atoms with Gasteiger partial charge in [-0.15, -0.1) is 0 Å². The Balaban J connectivity index is 1.82. The van der Waals surface area contributed by atoms with Crippen LogP contribution in [0.4, 0.5) is 23.7 Å². The third-order valence-corrected chi connectivity index (χ3v) is 5.58. The molecule has 1 aliphatic heterocycles. The van der Waals surface area contributed by atoms with Crippen LogP contribution < -0.4 is 9.47 Å². The van der Waals surface area contributed by atoms with Gasteiger partial charge in [-0.1, -0.05) is 12.1 Å². The molecule has 0 aliphatic carbocycles. The number of hydrogen-bond donors (Lipinski definition) is 1. The lowest BCUT2D eigenvalue weighted by molar-refractivity contribution is -0.138. The zero-order valence-electron chi connectivity index (χ0n) is 18.3. The van der Waals surface area contributed by atoms with Gasteiger partial charge in [0.25, 0.3) is 11.1 Å². The Kier molecular flexibility index (Phi) is 8.39. The van der Waals surface area contributed by atoms with Gasteiger partial charge in [-0.05, 0) is 47.7 Å². The molecule has 1 fully saturated rings. The fraction of sp³-hybridized carbons (Fsp3) is 0.261. The van der Waals surface area contributed by atoms with Crippen molar-refractivity contribution in [3.05, 3.63) is 63.8 Å². The zero-order valence-corrected chi connectivity index (χ0v) is 19.1. The van der Waals surface area contributed by atoms with Crippen molar-refractivity contribution >= 4 is 34.7 Å². The lowest BCUT2D eigenvalue weighted by atomic mass is 10.1. The number of carbonyl (C=O) groups is 2. The van der Waals surface area contributed by atoms with Crippen molar-refractivity contribution < 1.29 is 42.1 Å². The molecule has 0 radical (unpaired) electrons. The smallest absolute Gasteiger partial charge is 0.418 e. The van der Waals surface area contributed by atoms with Crippen LogP contribution in [-0.2, 0) is 15.7 Å². The molecule has 35 heavy (non-hydrogen) atoms. The minimum absolute atomic E-state index is 0.0140. The van der Waals surface area contributed by atoms with Crippen LogP contribution in [0.5, 0.6) is 17.2 Å². The number of ether oxygens (including phenoxy) is 3. The van der Waals surface area contributed by atoms with Crippen LogP contribution >= 0.6 is 11.8 Å². The molecule has 0 unspecified atom stereocenters. The van der Waals surface area contributed by atoms with Crippen molar-refractivity contribution in [1.82, 2.24) is 4.90 Å². The summed E-state index contributed by atoms with van der Waals surface area (Å²) in [5.74, 6) is -0.931. The number of thioether (sulfide) groups is 1. The number of carbonyl (C=O) groups excluding carboxylic acids is 2. The molecule has 1 heterocycles. The minimum Gasteiger partial charge on any atom is -0.493 e. The van der Waals surface area contributed by atoms with Gasteiger partial charge in [-0.25, -0.2) is 4.85 Å². The molecule has 0 bridgehead atoms. The first-order chi connectivity index (χ1) is 16.7. The highest BCUT2D eigenvalue weighted by atomic mass is 32.2. The van der Waals surface area contributed by atoms with Crippen LogP contribution in [0.15, 0.2) is 41.3 Å². The summed E-state index contributed by atoms with van der Waals surface area (Å²) in [5, 5.41) is 8.25. The van der Waals surface area contributed by atoms with Gasteiger partial charge in [-0.2, -0.15) is 13.2 Å². The highest BCUT2D eigenvalue weighted by molar-refractivity contribution is 8.18. The summed E-state index contributed by atoms with van der Waals surface area (Å²) in [6, 6.07) is 7.30. The molecule has 3 rings (SSSR count). The molecule has 1 N–H and O–H groups in total. The van der Waals surface area contributed by atoms with E-state index in [0.29, 0.717) is 11.6 Å². The van der Waals surface area contributed by atoms with E-state index < -0.39 is 28.6 Å². The number of aliphatic hydroxyl groups excluding tert-OH is 1. The van der Waals surface area contributed by atoms with E-state index in [1.54, 1.807) is 0 Å². The monoisotopic (exact) mass is 508 g/mol. The number of aliphatic hydroxyl groups is 1. The number of rotatable bonds is 9. The Hall–Kier alpha value is -3.53. The van der Waals surface area contributed by atoms with Crippen LogP contribution in [0.25, 0.3) is 10.9 Å². The van der Waals surface area contributed by atoms with E-state index in [-0.39, 0.29) is 48.5 Å². The molecule has 0 atom stereocenters. The number of benzene rings is 2. The number of hydrogen-bond acceptors (Lipinski definition) is 7. The third kappa shape index (κ3) is 6.33. The van der Waals surface area contributed by atoms with Gasteiger partial charge in [0.1, 0.15) is 5.75 Å². The Morgan fingerprint density at radius 3 is 2.51 bits per heavy atom. The summed E-state index contributed by atoms with van der Waals surface area (Å²) in [6.07, 6.45) is -3.29. The maximum Gasteiger partial charge on any atom is 0.418 e. The van der Waals surface area contributed by atoms with Crippen molar-refractivity contribution in [2.45, 2.75) is 6.18 Å². The van der Waals surface area contributed by atoms with Crippen LogP contribution in [0.1, 0.15) is 11.1 Å². The van der Waals surface area contributed by atoms with E-state index in [0.717, 1.165) is 22.7 Å². The van der Waals surface area contributed by atoms with Crippen LogP contribution in [0, 0.1) is 6.57 Å². The molecule has 0 spiro atoms. The topological polar surface area (TPSA) is 89.7 Å². The van der Waals surface area contributed by atoms with E-state index in [9.17, 15) is 22.8 Å². The van der Waals surface area contributed by atoms with Gasteiger partial charge in [0.2, 0.25) is 0 Å². The lowest BCUT2D eigenvalue weighted by Gasteiger charge is -2.16. The third-order valence-electron chi connectivity index (χ3n) is 4.67. The minimum atomic E-state index is -4.74. The summed E-state index contributed by atoms with van der Waals surface area (Å²) in [7, 11) is 1.30. The van der Waals surface area contributed by atoms with E-state index in [1.807, 2.05) is 0 Å². The first-order valence-electron chi connectivity index (χ1n) is 10.1. The SMILES string of the molecule is [C-]#[N+]c1ccc(Oc2ccc(/C=C3\SC(=O)N(CCOCCO)C3=O)cc2OC)c(C(F)(F)F)c1. The number of amides is 2.